The Morgan fingerprint density at radius 2 is 2.10 bits per heavy atom. The second kappa shape index (κ2) is 6.01. The lowest BCUT2D eigenvalue weighted by Gasteiger charge is -2.18. The quantitative estimate of drug-likeness (QED) is 0.941. The molecular formula is C15H18ClN3O. The van der Waals surface area contributed by atoms with E-state index in [0.29, 0.717) is 29.5 Å². The van der Waals surface area contributed by atoms with Crippen LogP contribution < -0.4 is 5.73 Å². The molecule has 0 saturated heterocycles. The molecule has 1 amide bonds. The number of halogens is 1. The Hall–Kier alpha value is -1.94. The Labute approximate surface area is 123 Å². The largest absolute Gasteiger partial charge is 0.397 e. The Kier molecular flexibility index (Phi) is 4.35. The second-order valence-corrected chi connectivity index (χ2v) is 5.10. The number of carbonyl (C=O) groups excluding carboxylic acids is 1. The third-order valence-electron chi connectivity index (χ3n) is 3.19. The number of aryl methyl sites for hydroxylation is 1. The molecule has 1 aromatic carbocycles. The van der Waals surface area contributed by atoms with Crippen molar-refractivity contribution in [2.75, 3.05) is 12.8 Å². The molecule has 0 atom stereocenters. The lowest BCUT2D eigenvalue weighted by molar-refractivity contribution is 0.0774. The summed E-state index contributed by atoms with van der Waals surface area (Å²) < 4.78 is 1.85. The van der Waals surface area contributed by atoms with Crippen LogP contribution in [0.2, 0.25) is 5.02 Å². The van der Waals surface area contributed by atoms with Gasteiger partial charge in [-0.15, -0.1) is 0 Å². The van der Waals surface area contributed by atoms with Crippen LogP contribution in [0.15, 0.2) is 36.5 Å². The summed E-state index contributed by atoms with van der Waals surface area (Å²) in [5.74, 6) is -0.0662. The van der Waals surface area contributed by atoms with Gasteiger partial charge >= 0.3 is 0 Å². The molecule has 5 heteroatoms. The van der Waals surface area contributed by atoms with Crippen LogP contribution in [0.4, 0.5) is 5.69 Å². The lowest BCUT2D eigenvalue weighted by Crippen LogP contribution is -2.28. The van der Waals surface area contributed by atoms with Crippen molar-refractivity contribution in [2.45, 2.75) is 20.0 Å². The van der Waals surface area contributed by atoms with Crippen molar-refractivity contribution >= 4 is 23.2 Å². The van der Waals surface area contributed by atoms with E-state index in [1.807, 2.05) is 35.8 Å². The molecule has 4 nitrogen and oxygen atoms in total. The van der Waals surface area contributed by atoms with E-state index in [1.165, 1.54) is 0 Å². The van der Waals surface area contributed by atoms with Crippen molar-refractivity contribution in [3.63, 3.8) is 0 Å². The summed E-state index contributed by atoms with van der Waals surface area (Å²) in [5.41, 5.74) is 7.88. The van der Waals surface area contributed by atoms with E-state index in [4.69, 9.17) is 17.3 Å². The molecule has 0 unspecified atom stereocenters. The van der Waals surface area contributed by atoms with Gasteiger partial charge in [-0.1, -0.05) is 29.8 Å². The third-order valence-corrected chi connectivity index (χ3v) is 3.56. The average Bonchev–Trinajstić information content (AvgIpc) is 2.81. The van der Waals surface area contributed by atoms with Crippen molar-refractivity contribution < 1.29 is 4.79 Å². The molecule has 0 saturated carbocycles. The summed E-state index contributed by atoms with van der Waals surface area (Å²) in [6.07, 6.45) is 1.77. The summed E-state index contributed by atoms with van der Waals surface area (Å²) >= 11 is 6.12. The summed E-state index contributed by atoms with van der Waals surface area (Å²) in [5, 5.41) is 0.664. The normalized spacial score (nSPS) is 10.6. The fourth-order valence-electron chi connectivity index (χ4n) is 2.12. The smallest absolute Gasteiger partial charge is 0.270 e. The first-order valence-electron chi connectivity index (χ1n) is 6.47. The van der Waals surface area contributed by atoms with Crippen molar-refractivity contribution in [3.8, 4) is 0 Å². The zero-order valence-corrected chi connectivity index (χ0v) is 12.4. The highest BCUT2D eigenvalue weighted by molar-refractivity contribution is 6.31. The number of rotatable bonds is 4. The summed E-state index contributed by atoms with van der Waals surface area (Å²) in [4.78, 5) is 14.1. The molecule has 0 aliphatic carbocycles. The number of amides is 1. The first-order valence-corrected chi connectivity index (χ1v) is 6.85. The van der Waals surface area contributed by atoms with E-state index < -0.39 is 0 Å². The molecule has 2 rings (SSSR count). The number of benzene rings is 1. The molecule has 0 fully saturated rings. The van der Waals surface area contributed by atoms with E-state index in [-0.39, 0.29) is 5.91 Å². The molecule has 20 heavy (non-hydrogen) atoms. The van der Waals surface area contributed by atoms with Crippen LogP contribution in [-0.4, -0.2) is 22.4 Å². The van der Waals surface area contributed by atoms with Crippen molar-refractivity contribution in [1.82, 2.24) is 9.47 Å². The molecule has 0 aliphatic rings. The van der Waals surface area contributed by atoms with Gasteiger partial charge in [0.2, 0.25) is 0 Å². The topological polar surface area (TPSA) is 51.3 Å². The SMILES string of the molecule is CCn1cc(N)cc1C(=O)N(C)Cc1ccccc1Cl. The highest BCUT2D eigenvalue weighted by atomic mass is 35.5. The fourth-order valence-corrected chi connectivity index (χ4v) is 2.32. The number of nitrogen functional groups attached to an aromatic ring is 1. The number of aromatic nitrogens is 1. The summed E-state index contributed by atoms with van der Waals surface area (Å²) in [6, 6.07) is 9.22. The highest BCUT2D eigenvalue weighted by Crippen LogP contribution is 2.18. The van der Waals surface area contributed by atoms with Crippen LogP contribution in [0, 0.1) is 0 Å². The van der Waals surface area contributed by atoms with Crippen molar-refractivity contribution in [3.05, 3.63) is 52.8 Å². The Balaban J connectivity index is 2.18. The van der Waals surface area contributed by atoms with Gasteiger partial charge in [0, 0.05) is 31.4 Å². The molecule has 1 heterocycles. The minimum Gasteiger partial charge on any atom is -0.397 e. The molecule has 0 aliphatic heterocycles. The van der Waals surface area contributed by atoms with Gasteiger partial charge in [-0.3, -0.25) is 4.79 Å². The highest BCUT2D eigenvalue weighted by Gasteiger charge is 2.17. The summed E-state index contributed by atoms with van der Waals surface area (Å²) in [7, 11) is 1.76. The first-order chi connectivity index (χ1) is 9.52. The van der Waals surface area contributed by atoms with Crippen LogP contribution in [0.1, 0.15) is 23.0 Å². The monoisotopic (exact) mass is 291 g/mol. The standard InChI is InChI=1S/C15H18ClN3O/c1-3-19-10-12(17)8-14(19)15(20)18(2)9-11-6-4-5-7-13(11)16/h4-8,10H,3,9,17H2,1-2H3. The number of hydrogen-bond donors (Lipinski definition) is 1. The van der Waals surface area contributed by atoms with Gasteiger partial charge in [-0.2, -0.15) is 0 Å². The fraction of sp³-hybridized carbons (Fsp3) is 0.267. The predicted octanol–water partition coefficient (Wildman–Crippen LogP) is 3.02. The molecule has 2 N–H and O–H groups in total. The van der Waals surface area contributed by atoms with Crippen LogP contribution >= 0.6 is 11.6 Å². The molecule has 2 aromatic rings. The van der Waals surface area contributed by atoms with Crippen LogP contribution in [-0.2, 0) is 13.1 Å². The Morgan fingerprint density at radius 1 is 1.40 bits per heavy atom. The third kappa shape index (κ3) is 2.96. The molecular weight excluding hydrogens is 274 g/mol. The first kappa shape index (κ1) is 14.5. The predicted molar refractivity (Wildman–Crippen MR) is 81.8 cm³/mol. The van der Waals surface area contributed by atoms with Crippen LogP contribution in [0.5, 0.6) is 0 Å². The molecule has 0 spiro atoms. The van der Waals surface area contributed by atoms with Gasteiger partial charge < -0.3 is 15.2 Å². The van der Waals surface area contributed by atoms with Gasteiger partial charge in [-0.25, -0.2) is 0 Å². The molecule has 0 bridgehead atoms. The Morgan fingerprint density at radius 3 is 2.75 bits per heavy atom. The van der Waals surface area contributed by atoms with E-state index in [2.05, 4.69) is 0 Å². The average molecular weight is 292 g/mol. The number of nitrogens with two attached hydrogens (primary N) is 1. The maximum absolute atomic E-state index is 12.5. The Bertz CT molecular complexity index is 621. The van der Waals surface area contributed by atoms with Gasteiger partial charge in [0.05, 0.1) is 5.69 Å². The lowest BCUT2D eigenvalue weighted by atomic mass is 10.2. The van der Waals surface area contributed by atoms with Crippen molar-refractivity contribution in [2.24, 2.45) is 0 Å². The number of nitrogens with zero attached hydrogens (tertiary/aromatic N) is 2. The zero-order chi connectivity index (χ0) is 14.7. The number of hydrogen-bond acceptors (Lipinski definition) is 2. The van der Waals surface area contributed by atoms with Gasteiger partial charge in [0.1, 0.15) is 5.69 Å². The molecule has 1 aromatic heterocycles. The molecule has 106 valence electrons. The maximum atomic E-state index is 12.5. The van der Waals surface area contributed by atoms with Crippen molar-refractivity contribution in [1.29, 1.82) is 0 Å². The van der Waals surface area contributed by atoms with Gasteiger partial charge in [0.25, 0.3) is 5.91 Å². The van der Waals surface area contributed by atoms with E-state index in [0.717, 1.165) is 5.56 Å². The van der Waals surface area contributed by atoms with E-state index in [9.17, 15) is 4.79 Å². The zero-order valence-electron chi connectivity index (χ0n) is 11.6. The minimum atomic E-state index is -0.0662. The number of anilines is 1. The minimum absolute atomic E-state index is 0.0662. The summed E-state index contributed by atoms with van der Waals surface area (Å²) in [6.45, 7) is 3.15. The number of carbonyl (C=O) groups is 1. The van der Waals surface area contributed by atoms with E-state index >= 15 is 0 Å². The maximum Gasteiger partial charge on any atom is 0.270 e. The molecule has 0 radical (unpaired) electrons. The van der Waals surface area contributed by atoms with Gasteiger partial charge in [-0.05, 0) is 24.6 Å². The van der Waals surface area contributed by atoms with Gasteiger partial charge in [0.15, 0.2) is 0 Å². The van der Waals surface area contributed by atoms with E-state index in [1.54, 1.807) is 24.2 Å². The van der Waals surface area contributed by atoms with Crippen LogP contribution in [0.25, 0.3) is 0 Å². The van der Waals surface area contributed by atoms with Crippen LogP contribution in [0.3, 0.4) is 0 Å². The second-order valence-electron chi connectivity index (χ2n) is 4.70.